The number of nitrogens with zero attached hydrogens (tertiary/aromatic N) is 1. The second kappa shape index (κ2) is 7.77. The number of nitrogens with one attached hydrogen (secondary N) is 1. The number of ether oxygens (including phenoxy) is 2. The van der Waals surface area contributed by atoms with Gasteiger partial charge in [0.25, 0.3) is 0 Å². The van der Waals surface area contributed by atoms with Gasteiger partial charge in [0.2, 0.25) is 0 Å². The molecule has 0 saturated heterocycles. The summed E-state index contributed by atoms with van der Waals surface area (Å²) in [7, 11) is 0. The zero-order chi connectivity index (χ0) is 14.1. The maximum Gasteiger partial charge on any atom is 0.350 e. The van der Waals surface area contributed by atoms with Crippen LogP contribution in [0.2, 0.25) is 0 Å². The maximum atomic E-state index is 11.4. The average Bonchev–Trinajstić information content (AvgIpc) is 2.42. The lowest BCUT2D eigenvalue weighted by atomic mass is 10.3. The van der Waals surface area contributed by atoms with Gasteiger partial charge in [-0.05, 0) is 38.1 Å². The Bertz CT molecular complexity index is 486. The van der Waals surface area contributed by atoms with Crippen molar-refractivity contribution in [2.75, 3.05) is 18.5 Å². The predicted octanol–water partition coefficient (Wildman–Crippen LogP) is 2.47. The molecule has 1 aromatic carbocycles. The van der Waals surface area contributed by atoms with Gasteiger partial charge in [-0.15, -0.1) is 0 Å². The maximum absolute atomic E-state index is 11.4. The van der Waals surface area contributed by atoms with E-state index in [0.717, 1.165) is 11.4 Å². The summed E-state index contributed by atoms with van der Waals surface area (Å²) in [5, 5.41) is 11.7. The summed E-state index contributed by atoms with van der Waals surface area (Å²) in [4.78, 5) is 11.4. The van der Waals surface area contributed by atoms with Crippen LogP contribution in [0.1, 0.15) is 13.8 Å². The molecule has 0 aliphatic heterocycles. The number of benzene rings is 1. The van der Waals surface area contributed by atoms with Gasteiger partial charge in [-0.3, -0.25) is 0 Å². The summed E-state index contributed by atoms with van der Waals surface area (Å²) in [6, 6.07) is 8.98. The van der Waals surface area contributed by atoms with E-state index < -0.39 is 5.97 Å². The molecule has 0 heterocycles. The van der Waals surface area contributed by atoms with E-state index in [0.29, 0.717) is 6.61 Å². The fourth-order valence-corrected chi connectivity index (χ4v) is 1.32. The lowest BCUT2D eigenvalue weighted by Gasteiger charge is -2.05. The SMILES string of the molecule is CCOC(=O)/C(C#N)=C\Nc1ccc(OCC)cc1. The summed E-state index contributed by atoms with van der Waals surface area (Å²) < 4.78 is 10.1. The summed E-state index contributed by atoms with van der Waals surface area (Å²) in [6.07, 6.45) is 1.33. The van der Waals surface area contributed by atoms with Gasteiger partial charge in [0.1, 0.15) is 11.8 Å². The number of hydrogen-bond donors (Lipinski definition) is 1. The van der Waals surface area contributed by atoms with Crippen molar-refractivity contribution < 1.29 is 14.3 Å². The number of nitriles is 1. The topological polar surface area (TPSA) is 71.4 Å². The van der Waals surface area contributed by atoms with Gasteiger partial charge in [-0.2, -0.15) is 5.26 Å². The van der Waals surface area contributed by atoms with E-state index in [1.807, 2.05) is 6.92 Å². The lowest BCUT2D eigenvalue weighted by molar-refractivity contribution is -0.138. The molecular formula is C14H16N2O3. The van der Waals surface area contributed by atoms with Crippen molar-refractivity contribution in [3.05, 3.63) is 36.0 Å². The van der Waals surface area contributed by atoms with Crippen molar-refractivity contribution in [2.24, 2.45) is 0 Å². The standard InChI is InChI=1S/C14H16N2O3/c1-3-18-13-7-5-12(6-8-13)16-10-11(9-15)14(17)19-4-2/h5-8,10,16H,3-4H2,1-2H3/b11-10-. The first-order valence-electron chi connectivity index (χ1n) is 5.98. The minimum absolute atomic E-state index is 0.0734. The number of rotatable bonds is 6. The molecule has 1 N–H and O–H groups in total. The molecule has 0 aliphatic rings. The monoisotopic (exact) mass is 260 g/mol. The Hall–Kier alpha value is -2.48. The van der Waals surface area contributed by atoms with E-state index in [4.69, 9.17) is 14.7 Å². The Morgan fingerprint density at radius 3 is 2.53 bits per heavy atom. The van der Waals surface area contributed by atoms with Crippen LogP contribution in [0, 0.1) is 11.3 Å². The molecule has 0 aliphatic carbocycles. The van der Waals surface area contributed by atoms with Crippen LogP contribution < -0.4 is 10.1 Å². The number of hydrogen-bond acceptors (Lipinski definition) is 5. The van der Waals surface area contributed by atoms with Crippen molar-refractivity contribution in [3.63, 3.8) is 0 Å². The van der Waals surface area contributed by atoms with E-state index in [1.54, 1.807) is 37.3 Å². The first kappa shape index (κ1) is 14.6. The molecule has 5 heteroatoms. The predicted molar refractivity (Wildman–Crippen MR) is 71.6 cm³/mol. The molecule has 0 aromatic heterocycles. The van der Waals surface area contributed by atoms with Gasteiger partial charge in [-0.25, -0.2) is 4.79 Å². The Balaban J connectivity index is 2.68. The summed E-state index contributed by atoms with van der Waals surface area (Å²) >= 11 is 0. The first-order chi connectivity index (χ1) is 9.21. The van der Waals surface area contributed by atoms with E-state index in [1.165, 1.54) is 6.20 Å². The second-order valence-corrected chi connectivity index (χ2v) is 3.49. The van der Waals surface area contributed by atoms with E-state index in [-0.39, 0.29) is 12.2 Å². The number of carbonyl (C=O) groups is 1. The number of esters is 1. The largest absolute Gasteiger partial charge is 0.494 e. The van der Waals surface area contributed by atoms with Gasteiger partial charge >= 0.3 is 5.97 Å². The van der Waals surface area contributed by atoms with Gasteiger partial charge in [0.05, 0.1) is 13.2 Å². The lowest BCUT2D eigenvalue weighted by Crippen LogP contribution is -2.07. The quantitative estimate of drug-likeness (QED) is 0.483. The van der Waals surface area contributed by atoms with E-state index >= 15 is 0 Å². The third-order valence-corrected chi connectivity index (χ3v) is 2.16. The third kappa shape index (κ3) is 4.72. The molecule has 0 atom stereocenters. The minimum atomic E-state index is -0.636. The van der Waals surface area contributed by atoms with Crippen LogP contribution in [0.5, 0.6) is 5.75 Å². The molecule has 100 valence electrons. The second-order valence-electron chi connectivity index (χ2n) is 3.49. The first-order valence-corrected chi connectivity index (χ1v) is 5.98. The van der Waals surface area contributed by atoms with E-state index in [2.05, 4.69) is 5.32 Å². The van der Waals surface area contributed by atoms with Gasteiger partial charge in [-0.1, -0.05) is 0 Å². The Morgan fingerprint density at radius 2 is 2.00 bits per heavy atom. The molecule has 1 aromatic rings. The average molecular weight is 260 g/mol. The number of carbonyl (C=O) groups excluding carboxylic acids is 1. The Kier molecular flexibility index (Phi) is 5.96. The Morgan fingerprint density at radius 1 is 1.32 bits per heavy atom. The fourth-order valence-electron chi connectivity index (χ4n) is 1.32. The van der Waals surface area contributed by atoms with Crippen LogP contribution in [0.15, 0.2) is 36.0 Å². The van der Waals surface area contributed by atoms with Crippen LogP contribution >= 0.6 is 0 Å². The molecule has 5 nitrogen and oxygen atoms in total. The van der Waals surface area contributed by atoms with Crippen LogP contribution in [-0.2, 0) is 9.53 Å². The number of anilines is 1. The van der Waals surface area contributed by atoms with Crippen molar-refractivity contribution in [2.45, 2.75) is 13.8 Å². The third-order valence-electron chi connectivity index (χ3n) is 2.16. The van der Waals surface area contributed by atoms with Gasteiger partial charge in [0.15, 0.2) is 5.57 Å². The zero-order valence-corrected chi connectivity index (χ0v) is 11.0. The van der Waals surface area contributed by atoms with Gasteiger partial charge < -0.3 is 14.8 Å². The molecule has 0 bridgehead atoms. The molecule has 0 amide bonds. The molecule has 1 rings (SSSR count). The summed E-state index contributed by atoms with van der Waals surface area (Å²) in [5.41, 5.74) is 0.677. The molecule has 0 saturated carbocycles. The van der Waals surface area contributed by atoms with Crippen LogP contribution in [0.3, 0.4) is 0 Å². The van der Waals surface area contributed by atoms with Crippen molar-refractivity contribution >= 4 is 11.7 Å². The fraction of sp³-hybridized carbons (Fsp3) is 0.286. The molecular weight excluding hydrogens is 244 g/mol. The minimum Gasteiger partial charge on any atom is -0.494 e. The van der Waals surface area contributed by atoms with Crippen molar-refractivity contribution in [1.82, 2.24) is 0 Å². The molecule has 19 heavy (non-hydrogen) atoms. The van der Waals surface area contributed by atoms with Gasteiger partial charge in [0, 0.05) is 11.9 Å². The molecule has 0 fully saturated rings. The zero-order valence-electron chi connectivity index (χ0n) is 11.0. The normalized spacial score (nSPS) is 10.5. The van der Waals surface area contributed by atoms with Crippen LogP contribution in [-0.4, -0.2) is 19.2 Å². The highest BCUT2D eigenvalue weighted by Gasteiger charge is 2.08. The summed E-state index contributed by atoms with van der Waals surface area (Å²) in [6.45, 7) is 4.44. The van der Waals surface area contributed by atoms with Crippen LogP contribution in [0.4, 0.5) is 5.69 Å². The highest BCUT2D eigenvalue weighted by Crippen LogP contribution is 2.15. The molecule has 0 unspecified atom stereocenters. The molecule has 0 radical (unpaired) electrons. The smallest absolute Gasteiger partial charge is 0.350 e. The van der Waals surface area contributed by atoms with Crippen molar-refractivity contribution in [1.29, 1.82) is 5.26 Å². The highest BCUT2D eigenvalue weighted by molar-refractivity contribution is 5.93. The van der Waals surface area contributed by atoms with Crippen LogP contribution in [0.25, 0.3) is 0 Å². The Labute approximate surface area is 112 Å². The molecule has 0 spiro atoms. The van der Waals surface area contributed by atoms with Crippen molar-refractivity contribution in [3.8, 4) is 11.8 Å². The highest BCUT2D eigenvalue weighted by atomic mass is 16.5. The summed E-state index contributed by atoms with van der Waals surface area (Å²) in [5.74, 6) is 0.131. The van der Waals surface area contributed by atoms with E-state index in [9.17, 15) is 4.79 Å².